The largest absolute Gasteiger partial charge is 0.299 e. The molecule has 0 saturated heterocycles. The molecule has 0 bridgehead atoms. The van der Waals surface area contributed by atoms with Gasteiger partial charge in [0, 0.05) is 27.7 Å². The summed E-state index contributed by atoms with van der Waals surface area (Å²) in [7, 11) is 0. The lowest BCUT2D eigenvalue weighted by molar-refractivity contribution is 0.629. The summed E-state index contributed by atoms with van der Waals surface area (Å²) in [5.74, 6) is 0.396. The van der Waals surface area contributed by atoms with E-state index in [1.54, 1.807) is 6.07 Å². The van der Waals surface area contributed by atoms with Crippen molar-refractivity contribution in [1.29, 1.82) is 0 Å². The SMILES string of the molecule is Fc1ccc2nc(-n3ccc4c(Br)cccc43)c(-c3ccccc3)nc2c1. The van der Waals surface area contributed by atoms with Crippen LogP contribution in [-0.4, -0.2) is 14.5 Å². The number of benzene rings is 3. The lowest BCUT2D eigenvalue weighted by Gasteiger charge is -2.12. The van der Waals surface area contributed by atoms with Crippen molar-refractivity contribution in [2.45, 2.75) is 0 Å². The van der Waals surface area contributed by atoms with Crippen molar-refractivity contribution in [3.05, 3.63) is 89.3 Å². The summed E-state index contributed by atoms with van der Waals surface area (Å²) in [6, 6.07) is 22.4. The van der Waals surface area contributed by atoms with Gasteiger partial charge in [-0.15, -0.1) is 0 Å². The van der Waals surface area contributed by atoms with Gasteiger partial charge in [0.2, 0.25) is 0 Å². The zero-order valence-corrected chi connectivity index (χ0v) is 15.7. The Morgan fingerprint density at radius 2 is 1.67 bits per heavy atom. The van der Waals surface area contributed by atoms with Crippen LogP contribution >= 0.6 is 15.9 Å². The molecule has 0 atom stereocenters. The van der Waals surface area contributed by atoms with Crippen molar-refractivity contribution < 1.29 is 4.39 Å². The highest BCUT2D eigenvalue weighted by Crippen LogP contribution is 2.31. The van der Waals surface area contributed by atoms with Gasteiger partial charge in [-0.3, -0.25) is 4.57 Å². The maximum absolute atomic E-state index is 13.7. The fraction of sp³-hybridized carbons (Fsp3) is 0. The van der Waals surface area contributed by atoms with Crippen LogP contribution in [0.5, 0.6) is 0 Å². The summed E-state index contributed by atoms with van der Waals surface area (Å²) in [5, 5.41) is 1.09. The molecule has 0 unspecified atom stereocenters. The number of hydrogen-bond donors (Lipinski definition) is 0. The van der Waals surface area contributed by atoms with E-state index in [1.165, 1.54) is 12.1 Å². The monoisotopic (exact) mass is 417 g/mol. The Hall–Kier alpha value is -3.05. The lowest BCUT2D eigenvalue weighted by atomic mass is 10.1. The first-order valence-electron chi connectivity index (χ1n) is 8.49. The first-order valence-corrected chi connectivity index (χ1v) is 9.29. The van der Waals surface area contributed by atoms with Crippen LogP contribution in [0.3, 0.4) is 0 Å². The third kappa shape index (κ3) is 2.71. The zero-order valence-electron chi connectivity index (χ0n) is 14.1. The van der Waals surface area contributed by atoms with Crippen molar-refractivity contribution in [2.24, 2.45) is 0 Å². The highest BCUT2D eigenvalue weighted by atomic mass is 79.9. The minimum Gasteiger partial charge on any atom is -0.299 e. The number of nitrogens with zero attached hydrogens (tertiary/aromatic N) is 3. The fourth-order valence-electron chi connectivity index (χ4n) is 3.29. The van der Waals surface area contributed by atoms with E-state index in [4.69, 9.17) is 9.97 Å². The Morgan fingerprint density at radius 1 is 0.815 bits per heavy atom. The minimum absolute atomic E-state index is 0.320. The molecule has 0 spiro atoms. The van der Waals surface area contributed by atoms with Gasteiger partial charge in [0.15, 0.2) is 5.82 Å². The molecule has 5 aromatic rings. The highest BCUT2D eigenvalue weighted by molar-refractivity contribution is 9.10. The summed E-state index contributed by atoms with van der Waals surface area (Å²) in [6.45, 7) is 0. The first kappa shape index (κ1) is 16.1. The van der Waals surface area contributed by atoms with Crippen LogP contribution < -0.4 is 0 Å². The Balaban J connectivity index is 1.87. The van der Waals surface area contributed by atoms with Crippen LogP contribution in [-0.2, 0) is 0 Å². The van der Waals surface area contributed by atoms with Gasteiger partial charge in [-0.1, -0.05) is 52.3 Å². The molecule has 130 valence electrons. The van der Waals surface area contributed by atoms with E-state index < -0.39 is 0 Å². The molecule has 27 heavy (non-hydrogen) atoms. The number of rotatable bonds is 2. The van der Waals surface area contributed by atoms with Gasteiger partial charge in [-0.05, 0) is 30.3 Å². The molecule has 5 rings (SSSR count). The molecule has 0 amide bonds. The summed E-state index contributed by atoms with van der Waals surface area (Å²) in [4.78, 5) is 9.59. The van der Waals surface area contributed by atoms with Crippen LogP contribution in [0.1, 0.15) is 0 Å². The van der Waals surface area contributed by atoms with Gasteiger partial charge in [-0.25, -0.2) is 14.4 Å². The smallest absolute Gasteiger partial charge is 0.164 e. The fourth-order valence-corrected chi connectivity index (χ4v) is 3.78. The normalized spacial score (nSPS) is 11.3. The molecule has 0 aliphatic rings. The summed E-state index contributed by atoms with van der Waals surface area (Å²) in [5.41, 5.74) is 3.87. The van der Waals surface area contributed by atoms with Crippen LogP contribution in [0.25, 0.3) is 39.0 Å². The molecular formula is C22H13BrFN3. The Bertz CT molecular complexity index is 1300. The summed E-state index contributed by atoms with van der Waals surface area (Å²) >= 11 is 3.60. The molecule has 5 heteroatoms. The van der Waals surface area contributed by atoms with E-state index in [0.717, 1.165) is 20.9 Å². The number of fused-ring (bicyclic) bond motifs is 2. The maximum atomic E-state index is 13.7. The van der Waals surface area contributed by atoms with Gasteiger partial charge < -0.3 is 0 Å². The van der Waals surface area contributed by atoms with E-state index in [9.17, 15) is 4.39 Å². The molecule has 2 heterocycles. The van der Waals surface area contributed by atoms with Crippen LogP contribution in [0.4, 0.5) is 4.39 Å². The van der Waals surface area contributed by atoms with Crippen LogP contribution in [0.15, 0.2) is 83.5 Å². The van der Waals surface area contributed by atoms with E-state index in [0.29, 0.717) is 22.5 Å². The van der Waals surface area contributed by atoms with E-state index >= 15 is 0 Å². The average Bonchev–Trinajstić information content (AvgIpc) is 3.13. The van der Waals surface area contributed by atoms with Crippen molar-refractivity contribution in [2.75, 3.05) is 0 Å². The van der Waals surface area contributed by atoms with Gasteiger partial charge in [0.25, 0.3) is 0 Å². The van der Waals surface area contributed by atoms with Gasteiger partial charge >= 0.3 is 0 Å². The van der Waals surface area contributed by atoms with Crippen molar-refractivity contribution in [3.63, 3.8) is 0 Å². The van der Waals surface area contributed by atoms with Gasteiger partial charge in [0.1, 0.15) is 11.5 Å². The Morgan fingerprint density at radius 3 is 2.52 bits per heavy atom. The van der Waals surface area contributed by atoms with Gasteiger partial charge in [0.05, 0.1) is 16.6 Å². The number of halogens is 2. The Kier molecular flexibility index (Phi) is 3.76. The zero-order chi connectivity index (χ0) is 18.4. The third-order valence-electron chi connectivity index (χ3n) is 4.56. The summed E-state index contributed by atoms with van der Waals surface area (Å²) < 4.78 is 16.8. The molecule has 2 aromatic heterocycles. The second kappa shape index (κ2) is 6.28. The minimum atomic E-state index is -0.320. The molecule has 0 aliphatic heterocycles. The summed E-state index contributed by atoms with van der Waals surface area (Å²) in [6.07, 6.45) is 1.99. The van der Waals surface area contributed by atoms with Crippen molar-refractivity contribution >= 4 is 37.9 Å². The second-order valence-corrected chi connectivity index (χ2v) is 7.11. The quantitative estimate of drug-likeness (QED) is 0.345. The maximum Gasteiger partial charge on any atom is 0.164 e. The second-order valence-electron chi connectivity index (χ2n) is 6.25. The van der Waals surface area contributed by atoms with E-state index in [2.05, 4.69) is 15.9 Å². The molecule has 0 aliphatic carbocycles. The predicted octanol–water partition coefficient (Wildman–Crippen LogP) is 6.14. The molecule has 3 aromatic carbocycles. The molecule has 0 N–H and O–H groups in total. The third-order valence-corrected chi connectivity index (χ3v) is 5.25. The van der Waals surface area contributed by atoms with Crippen LogP contribution in [0, 0.1) is 5.82 Å². The first-order chi connectivity index (χ1) is 13.2. The molecule has 0 saturated carbocycles. The highest BCUT2D eigenvalue weighted by Gasteiger charge is 2.15. The predicted molar refractivity (Wildman–Crippen MR) is 109 cm³/mol. The van der Waals surface area contributed by atoms with Crippen molar-refractivity contribution in [1.82, 2.24) is 14.5 Å². The molecule has 3 nitrogen and oxygen atoms in total. The molecule has 0 radical (unpaired) electrons. The number of hydrogen-bond acceptors (Lipinski definition) is 2. The van der Waals surface area contributed by atoms with E-state index in [1.807, 2.05) is 65.4 Å². The topological polar surface area (TPSA) is 30.7 Å². The van der Waals surface area contributed by atoms with Gasteiger partial charge in [-0.2, -0.15) is 0 Å². The lowest BCUT2D eigenvalue weighted by Crippen LogP contribution is -2.02. The van der Waals surface area contributed by atoms with E-state index in [-0.39, 0.29) is 5.82 Å². The standard InChI is InChI=1S/C22H13BrFN3/c23-17-7-4-8-20-16(17)11-12-27(20)22-21(14-5-2-1-3-6-14)25-19-13-15(24)9-10-18(19)26-22/h1-13H. The number of aromatic nitrogens is 3. The van der Waals surface area contributed by atoms with Crippen LogP contribution in [0.2, 0.25) is 0 Å². The molecule has 0 fully saturated rings. The van der Waals surface area contributed by atoms with Crippen molar-refractivity contribution in [3.8, 4) is 17.1 Å². The average molecular weight is 418 g/mol. The molecular weight excluding hydrogens is 405 g/mol. The Labute approximate surface area is 163 Å².